The second-order valence-electron chi connectivity index (χ2n) is 12.7. The fourth-order valence-corrected chi connectivity index (χ4v) is 7.62. The summed E-state index contributed by atoms with van der Waals surface area (Å²) in [7, 11) is 0.856. The monoisotopic (exact) mass is 628 g/mol. The molecule has 1 amide bonds. The lowest BCUT2D eigenvalue weighted by Crippen LogP contribution is -2.51. The van der Waals surface area contributed by atoms with Crippen molar-refractivity contribution in [2.45, 2.75) is 77.1 Å². The van der Waals surface area contributed by atoms with Crippen LogP contribution in [0.3, 0.4) is 0 Å². The maximum Gasteiger partial charge on any atom is 0.407 e. The van der Waals surface area contributed by atoms with Crippen molar-refractivity contribution in [3.8, 4) is 11.1 Å². The number of benzene rings is 1. The minimum absolute atomic E-state index is 0.0188. The van der Waals surface area contributed by atoms with E-state index in [9.17, 15) is 13.2 Å². The van der Waals surface area contributed by atoms with Gasteiger partial charge in [-0.15, -0.1) is 0 Å². The predicted molar refractivity (Wildman–Crippen MR) is 167 cm³/mol. The average Bonchev–Trinajstić information content (AvgIpc) is 3.54. The Morgan fingerprint density at radius 3 is 2.40 bits per heavy atom. The Morgan fingerprint density at radius 1 is 1.09 bits per heavy atom. The van der Waals surface area contributed by atoms with E-state index in [0.29, 0.717) is 33.2 Å². The van der Waals surface area contributed by atoms with Gasteiger partial charge >= 0.3 is 16.3 Å². The maximum absolute atomic E-state index is 13.6. The molecule has 14 heteroatoms. The predicted octanol–water partition coefficient (Wildman–Crippen LogP) is 4.63. The number of nitrogens with zero attached hydrogens (tertiary/aromatic N) is 7. The first-order valence-electron chi connectivity index (χ1n) is 14.4. The van der Waals surface area contributed by atoms with E-state index in [1.807, 2.05) is 53.1 Å². The first-order valence-corrected chi connectivity index (χ1v) is 16.1. The molecular formula is C29H37ClN8O4S. The second-order valence-corrected chi connectivity index (χ2v) is 15.1. The molecule has 0 spiro atoms. The molecule has 0 radical (unpaired) electrons. The van der Waals surface area contributed by atoms with E-state index < -0.39 is 21.9 Å². The molecule has 2 saturated heterocycles. The van der Waals surface area contributed by atoms with Crippen molar-refractivity contribution in [3.05, 3.63) is 35.2 Å². The van der Waals surface area contributed by atoms with Crippen LogP contribution < -0.4 is 10.2 Å². The highest BCUT2D eigenvalue weighted by Gasteiger charge is 2.43. The number of aryl methyl sites for hydroxylation is 2. The summed E-state index contributed by atoms with van der Waals surface area (Å²) in [5.41, 5.74) is 2.77. The van der Waals surface area contributed by atoms with Gasteiger partial charge in [-0.2, -0.15) is 17.8 Å². The van der Waals surface area contributed by atoms with E-state index in [-0.39, 0.29) is 23.8 Å². The third-order valence-corrected chi connectivity index (χ3v) is 10.3. The zero-order valence-corrected chi connectivity index (χ0v) is 27.0. The van der Waals surface area contributed by atoms with Crippen LogP contribution in [0.4, 0.5) is 10.6 Å². The quantitative estimate of drug-likeness (QED) is 0.339. The molecule has 1 N–H and O–H groups in total. The number of ether oxygens (including phenoxy) is 1. The minimum atomic E-state index is -3.94. The van der Waals surface area contributed by atoms with Crippen molar-refractivity contribution >= 4 is 55.8 Å². The summed E-state index contributed by atoms with van der Waals surface area (Å²) in [6.07, 6.45) is 6.33. The highest BCUT2D eigenvalue weighted by Crippen LogP contribution is 2.42. The standard InChI is InChI=1S/C29H37ClN8O4S/c1-16-26(38-18-8-9-19(38)13-17(12-18)32-28(39)42-29(2,3)4)33-27-25(31-16)21(15-37(27)43(40,41)35(5)6)20-10-11-23-22(24(20)30)14-36(7)34-23/h10-11,14-15,17-19H,8-9,12-13H2,1-7H3,(H,32,39)/t17?,18-,19+. The third kappa shape index (κ3) is 5.21. The van der Waals surface area contributed by atoms with Crippen LogP contribution in [0.2, 0.25) is 5.02 Å². The molecule has 2 bridgehead atoms. The number of piperidine rings is 1. The molecule has 3 aromatic heterocycles. The number of hydrogen-bond acceptors (Lipinski definition) is 8. The van der Waals surface area contributed by atoms with Crippen LogP contribution in [0, 0.1) is 6.92 Å². The Kier molecular flexibility index (Phi) is 7.13. The summed E-state index contributed by atoms with van der Waals surface area (Å²) >= 11 is 6.88. The topological polar surface area (TPSA) is 127 Å². The molecule has 0 saturated carbocycles. The molecule has 2 aliphatic rings. The lowest BCUT2D eigenvalue weighted by molar-refractivity contribution is 0.0492. The summed E-state index contributed by atoms with van der Waals surface area (Å²) in [6.45, 7) is 7.44. The van der Waals surface area contributed by atoms with Crippen molar-refractivity contribution in [2.24, 2.45) is 7.05 Å². The number of halogens is 1. The molecule has 2 fully saturated rings. The fraction of sp³-hybridized carbons (Fsp3) is 0.517. The number of fused-ring (bicyclic) bond motifs is 4. The molecule has 0 aliphatic carbocycles. The molecule has 43 heavy (non-hydrogen) atoms. The van der Waals surface area contributed by atoms with Crippen molar-refractivity contribution in [3.63, 3.8) is 0 Å². The van der Waals surface area contributed by atoms with Crippen molar-refractivity contribution < 1.29 is 17.9 Å². The van der Waals surface area contributed by atoms with E-state index >= 15 is 0 Å². The lowest BCUT2D eigenvalue weighted by Gasteiger charge is -2.40. The van der Waals surface area contributed by atoms with Gasteiger partial charge < -0.3 is 15.0 Å². The molecule has 1 unspecified atom stereocenters. The van der Waals surface area contributed by atoms with Crippen LogP contribution in [-0.4, -0.2) is 80.4 Å². The van der Waals surface area contributed by atoms with E-state index in [1.165, 1.54) is 18.1 Å². The summed E-state index contributed by atoms with van der Waals surface area (Å²) in [6, 6.07) is 3.93. The Morgan fingerprint density at radius 2 is 1.77 bits per heavy atom. The van der Waals surface area contributed by atoms with Crippen LogP contribution in [0.15, 0.2) is 24.5 Å². The van der Waals surface area contributed by atoms with E-state index in [2.05, 4.69) is 15.3 Å². The van der Waals surface area contributed by atoms with Crippen LogP contribution in [-0.2, 0) is 22.0 Å². The smallest absolute Gasteiger partial charge is 0.407 e. The van der Waals surface area contributed by atoms with Gasteiger partial charge in [0, 0.05) is 68.2 Å². The van der Waals surface area contributed by atoms with Crippen molar-refractivity contribution in [1.29, 1.82) is 0 Å². The third-order valence-electron chi connectivity index (χ3n) is 8.17. The lowest BCUT2D eigenvalue weighted by atomic mass is 9.97. The number of carbonyl (C=O) groups is 1. The Labute approximate surface area is 256 Å². The number of carbonyl (C=O) groups excluding carboxylic acids is 1. The Balaban J connectivity index is 1.42. The van der Waals surface area contributed by atoms with Crippen LogP contribution in [0.5, 0.6) is 0 Å². The van der Waals surface area contributed by atoms with Gasteiger partial charge in [-0.05, 0) is 59.4 Å². The number of hydrogen-bond donors (Lipinski definition) is 1. The highest BCUT2D eigenvalue weighted by molar-refractivity contribution is 7.87. The van der Waals surface area contributed by atoms with Gasteiger partial charge in [0.2, 0.25) is 0 Å². The molecule has 1 aromatic carbocycles. The van der Waals surface area contributed by atoms with Crippen molar-refractivity contribution in [1.82, 2.24) is 33.3 Å². The summed E-state index contributed by atoms with van der Waals surface area (Å²) < 4.78 is 36.6. The normalized spacial score (nSPS) is 20.9. The molecule has 4 aromatic rings. The number of nitrogens with one attached hydrogen (secondary N) is 1. The maximum atomic E-state index is 13.6. The first kappa shape index (κ1) is 29.6. The summed E-state index contributed by atoms with van der Waals surface area (Å²) in [5.74, 6) is 0.657. The van der Waals surface area contributed by atoms with Gasteiger partial charge in [-0.1, -0.05) is 17.7 Å². The number of amides is 1. The molecule has 230 valence electrons. The molecule has 3 atom stereocenters. The van der Waals surface area contributed by atoms with Gasteiger partial charge in [0.05, 0.1) is 16.2 Å². The highest BCUT2D eigenvalue weighted by atomic mass is 35.5. The molecule has 12 nitrogen and oxygen atoms in total. The van der Waals surface area contributed by atoms with E-state index in [0.717, 1.165) is 40.9 Å². The van der Waals surface area contributed by atoms with E-state index in [4.69, 9.17) is 26.3 Å². The fourth-order valence-electron chi connectivity index (χ4n) is 6.37. The molecule has 5 heterocycles. The average molecular weight is 629 g/mol. The van der Waals surface area contributed by atoms with Gasteiger partial charge in [-0.25, -0.2) is 18.7 Å². The van der Waals surface area contributed by atoms with Gasteiger partial charge in [0.1, 0.15) is 11.1 Å². The largest absolute Gasteiger partial charge is 0.444 e. The minimum Gasteiger partial charge on any atom is -0.444 e. The number of rotatable bonds is 5. The van der Waals surface area contributed by atoms with Gasteiger partial charge in [-0.3, -0.25) is 4.68 Å². The number of alkyl carbamates (subject to hydrolysis) is 1. The van der Waals surface area contributed by atoms with Gasteiger partial charge in [0.25, 0.3) is 0 Å². The van der Waals surface area contributed by atoms with Crippen LogP contribution >= 0.6 is 11.6 Å². The van der Waals surface area contributed by atoms with Crippen molar-refractivity contribution in [2.75, 3.05) is 19.0 Å². The number of anilines is 1. The molecular weight excluding hydrogens is 592 g/mol. The summed E-state index contributed by atoms with van der Waals surface area (Å²) in [4.78, 5) is 24.7. The second kappa shape index (κ2) is 10.3. The molecule has 6 rings (SSSR count). The van der Waals surface area contributed by atoms with Crippen LogP contribution in [0.25, 0.3) is 33.2 Å². The summed E-state index contributed by atoms with van der Waals surface area (Å²) in [5, 5.41) is 8.71. The van der Waals surface area contributed by atoms with Crippen LogP contribution in [0.1, 0.15) is 52.1 Å². The zero-order chi connectivity index (χ0) is 31.0. The van der Waals surface area contributed by atoms with Gasteiger partial charge in [0.15, 0.2) is 11.5 Å². The zero-order valence-electron chi connectivity index (χ0n) is 25.4. The molecule has 2 aliphatic heterocycles. The Bertz CT molecular complexity index is 1850. The number of aromatic nitrogens is 5. The SMILES string of the molecule is Cc1nc2c(-c3ccc4nn(C)cc4c3Cl)cn(S(=O)(=O)N(C)C)c2nc1N1[C@@H]2CC[C@H]1CC(NC(=O)OC(C)(C)C)C2. The Hall–Kier alpha value is -3.42. The first-order chi connectivity index (χ1) is 20.1. The van der Waals surface area contributed by atoms with E-state index in [1.54, 1.807) is 10.9 Å².